The standard InChI is InChI=1S/C61H98O6/c1-4-7-10-13-16-19-22-25-28-29-30-31-34-37-40-43-46-49-52-55-61(64)67-58(56-65-59(62)53-50-47-44-41-38-35-32-26-23-20-17-14-11-8-5-2)57-66-60(63)54-51-48-45-42-39-36-33-27-24-21-18-15-12-9-6-3/h7,10,16-21,25-28,30-33,37,40,46,49,58H,4-6,8-9,11-15,22-24,29,34-36,38-39,41-45,47-48,50-57H2,1-3H3/b10-7-,19-16-,20-17-,21-18-,28-25-,31-30-,32-26-,33-27-,40-37-,49-46-. The minimum absolute atomic E-state index is 0.123. The van der Waals surface area contributed by atoms with Gasteiger partial charge < -0.3 is 14.2 Å². The first-order valence-electron chi connectivity index (χ1n) is 27.0. The molecule has 0 aromatic carbocycles. The zero-order valence-corrected chi connectivity index (χ0v) is 43.1. The average molecular weight is 927 g/mol. The van der Waals surface area contributed by atoms with Gasteiger partial charge >= 0.3 is 17.9 Å². The molecule has 0 N–H and O–H groups in total. The molecule has 0 aliphatic rings. The Morgan fingerprint density at radius 2 is 0.612 bits per heavy atom. The van der Waals surface area contributed by atoms with Gasteiger partial charge in [-0.15, -0.1) is 0 Å². The van der Waals surface area contributed by atoms with Crippen LogP contribution in [0, 0.1) is 0 Å². The number of carbonyl (C=O) groups is 3. The van der Waals surface area contributed by atoms with E-state index in [-0.39, 0.29) is 31.6 Å². The maximum absolute atomic E-state index is 12.8. The zero-order valence-electron chi connectivity index (χ0n) is 43.1. The topological polar surface area (TPSA) is 78.9 Å². The Morgan fingerprint density at radius 3 is 0.970 bits per heavy atom. The highest BCUT2D eigenvalue weighted by atomic mass is 16.6. The molecule has 0 aromatic rings. The van der Waals surface area contributed by atoms with Crippen molar-refractivity contribution in [1.82, 2.24) is 0 Å². The molecule has 67 heavy (non-hydrogen) atoms. The molecule has 0 aliphatic carbocycles. The van der Waals surface area contributed by atoms with E-state index < -0.39 is 12.1 Å². The van der Waals surface area contributed by atoms with Crippen LogP contribution in [-0.4, -0.2) is 37.2 Å². The van der Waals surface area contributed by atoms with Gasteiger partial charge in [0, 0.05) is 19.3 Å². The van der Waals surface area contributed by atoms with Crippen molar-refractivity contribution in [3.8, 4) is 0 Å². The van der Waals surface area contributed by atoms with Gasteiger partial charge in [-0.25, -0.2) is 0 Å². The highest BCUT2D eigenvalue weighted by molar-refractivity contribution is 5.71. The number of carbonyl (C=O) groups excluding carboxylic acids is 3. The average Bonchev–Trinajstić information content (AvgIpc) is 3.33. The zero-order chi connectivity index (χ0) is 48.6. The van der Waals surface area contributed by atoms with E-state index in [0.29, 0.717) is 19.3 Å². The third-order valence-corrected chi connectivity index (χ3v) is 10.9. The van der Waals surface area contributed by atoms with Crippen LogP contribution in [0.1, 0.15) is 226 Å². The Kier molecular flexibility index (Phi) is 51.0. The molecule has 0 bridgehead atoms. The van der Waals surface area contributed by atoms with E-state index in [0.717, 1.165) is 128 Å². The Labute approximate surface area is 412 Å². The molecule has 0 amide bonds. The molecule has 0 spiro atoms. The maximum Gasteiger partial charge on any atom is 0.306 e. The van der Waals surface area contributed by atoms with Gasteiger partial charge in [-0.2, -0.15) is 0 Å². The smallest absolute Gasteiger partial charge is 0.306 e. The molecule has 0 heterocycles. The van der Waals surface area contributed by atoms with Crippen LogP contribution in [0.25, 0.3) is 0 Å². The minimum atomic E-state index is -0.833. The molecule has 0 rings (SSSR count). The lowest BCUT2D eigenvalue weighted by atomic mass is 10.1. The second-order valence-electron chi connectivity index (χ2n) is 17.4. The lowest BCUT2D eigenvalue weighted by molar-refractivity contribution is -0.166. The van der Waals surface area contributed by atoms with Crippen LogP contribution in [0.15, 0.2) is 122 Å². The lowest BCUT2D eigenvalue weighted by Gasteiger charge is -2.18. The van der Waals surface area contributed by atoms with Gasteiger partial charge in [0.1, 0.15) is 13.2 Å². The van der Waals surface area contributed by atoms with E-state index in [1.807, 2.05) is 12.2 Å². The maximum atomic E-state index is 12.8. The number of esters is 3. The van der Waals surface area contributed by atoms with Crippen LogP contribution < -0.4 is 0 Å². The van der Waals surface area contributed by atoms with E-state index in [1.54, 1.807) is 0 Å². The summed E-state index contributed by atoms with van der Waals surface area (Å²) in [5.41, 5.74) is 0. The fourth-order valence-electron chi connectivity index (χ4n) is 6.88. The van der Waals surface area contributed by atoms with Crippen LogP contribution >= 0.6 is 0 Å². The summed E-state index contributed by atoms with van der Waals surface area (Å²) in [6.07, 6.45) is 74.7. The van der Waals surface area contributed by atoms with E-state index >= 15 is 0 Å². The number of hydrogen-bond donors (Lipinski definition) is 0. The fraction of sp³-hybridized carbons (Fsp3) is 0.623. The SMILES string of the molecule is CC/C=C\C/C=C\C/C=C\C/C=C\C/C=C\C/C=C\CCC(=O)OC(COC(=O)CCCCCCC/C=C\C/C=C\CCCCC)COC(=O)CCCCCCC/C=C\C/C=C\CCCCC. The molecular weight excluding hydrogens is 829 g/mol. The summed E-state index contributed by atoms with van der Waals surface area (Å²) in [7, 11) is 0. The van der Waals surface area contributed by atoms with E-state index in [2.05, 4.69) is 130 Å². The van der Waals surface area contributed by atoms with Crippen molar-refractivity contribution in [3.05, 3.63) is 122 Å². The summed E-state index contributed by atoms with van der Waals surface area (Å²) in [5.74, 6) is -1.04. The molecule has 0 unspecified atom stereocenters. The monoisotopic (exact) mass is 927 g/mol. The normalized spacial score (nSPS) is 12.7. The number of allylic oxidation sites excluding steroid dienone is 20. The van der Waals surface area contributed by atoms with Crippen molar-refractivity contribution >= 4 is 17.9 Å². The molecule has 0 saturated heterocycles. The quantitative estimate of drug-likeness (QED) is 0.0262. The van der Waals surface area contributed by atoms with Crippen LogP contribution in [0.5, 0.6) is 0 Å². The third-order valence-electron chi connectivity index (χ3n) is 10.9. The molecular formula is C61H98O6. The molecule has 378 valence electrons. The van der Waals surface area contributed by atoms with Gasteiger partial charge in [0.2, 0.25) is 0 Å². The summed E-state index contributed by atoms with van der Waals surface area (Å²) in [6, 6.07) is 0. The predicted octanol–water partition coefficient (Wildman–Crippen LogP) is 18.1. The Balaban J connectivity index is 4.58. The molecule has 0 aliphatic heterocycles. The molecule has 6 heteroatoms. The largest absolute Gasteiger partial charge is 0.462 e. The number of rotatable bonds is 47. The van der Waals surface area contributed by atoms with Gasteiger partial charge in [-0.1, -0.05) is 206 Å². The summed E-state index contributed by atoms with van der Waals surface area (Å²) in [4.78, 5) is 38.0. The number of ether oxygens (including phenoxy) is 3. The third kappa shape index (κ3) is 52.6. The number of unbranched alkanes of at least 4 members (excludes halogenated alkanes) is 16. The van der Waals surface area contributed by atoms with E-state index in [9.17, 15) is 14.4 Å². The van der Waals surface area contributed by atoms with Crippen molar-refractivity contribution in [1.29, 1.82) is 0 Å². The van der Waals surface area contributed by atoms with Crippen molar-refractivity contribution in [3.63, 3.8) is 0 Å². The van der Waals surface area contributed by atoms with Gasteiger partial charge in [-0.3, -0.25) is 14.4 Å². The molecule has 0 fully saturated rings. The van der Waals surface area contributed by atoms with Gasteiger partial charge in [0.05, 0.1) is 0 Å². The minimum Gasteiger partial charge on any atom is -0.462 e. The van der Waals surface area contributed by atoms with Crippen molar-refractivity contribution in [2.24, 2.45) is 0 Å². The molecule has 6 nitrogen and oxygen atoms in total. The van der Waals surface area contributed by atoms with Crippen LogP contribution in [0.4, 0.5) is 0 Å². The molecule has 0 atom stereocenters. The molecule has 0 aromatic heterocycles. The van der Waals surface area contributed by atoms with Crippen molar-refractivity contribution in [2.45, 2.75) is 232 Å². The number of hydrogen-bond acceptors (Lipinski definition) is 6. The highest BCUT2D eigenvalue weighted by Gasteiger charge is 2.19. The lowest BCUT2D eigenvalue weighted by Crippen LogP contribution is -2.30. The highest BCUT2D eigenvalue weighted by Crippen LogP contribution is 2.12. The summed E-state index contributed by atoms with van der Waals surface area (Å²) < 4.78 is 16.7. The van der Waals surface area contributed by atoms with Gasteiger partial charge in [0.25, 0.3) is 0 Å². The van der Waals surface area contributed by atoms with E-state index in [4.69, 9.17) is 14.2 Å². The van der Waals surface area contributed by atoms with Crippen LogP contribution in [-0.2, 0) is 28.6 Å². The summed E-state index contributed by atoms with van der Waals surface area (Å²) >= 11 is 0. The predicted molar refractivity (Wildman–Crippen MR) is 288 cm³/mol. The summed E-state index contributed by atoms with van der Waals surface area (Å²) in [6.45, 7) is 6.37. The Hall–Kier alpha value is -4.19. The van der Waals surface area contributed by atoms with Crippen LogP contribution in [0.2, 0.25) is 0 Å². The van der Waals surface area contributed by atoms with Gasteiger partial charge in [0.15, 0.2) is 6.10 Å². The molecule has 0 radical (unpaired) electrons. The Morgan fingerprint density at radius 1 is 0.313 bits per heavy atom. The second kappa shape index (κ2) is 54.4. The van der Waals surface area contributed by atoms with E-state index in [1.165, 1.54) is 51.4 Å². The molecule has 0 saturated carbocycles. The first-order chi connectivity index (χ1) is 33.0. The second-order valence-corrected chi connectivity index (χ2v) is 17.4. The van der Waals surface area contributed by atoms with Crippen molar-refractivity contribution < 1.29 is 28.6 Å². The van der Waals surface area contributed by atoms with Crippen molar-refractivity contribution in [2.75, 3.05) is 13.2 Å². The van der Waals surface area contributed by atoms with Crippen LogP contribution in [0.3, 0.4) is 0 Å². The first kappa shape index (κ1) is 62.8. The first-order valence-corrected chi connectivity index (χ1v) is 27.0. The van der Waals surface area contributed by atoms with Gasteiger partial charge in [-0.05, 0) is 122 Å². The Bertz CT molecular complexity index is 1370. The fourth-order valence-corrected chi connectivity index (χ4v) is 6.88. The summed E-state index contributed by atoms with van der Waals surface area (Å²) in [5, 5.41) is 0.